The van der Waals surface area contributed by atoms with Gasteiger partial charge in [0.05, 0.1) is 5.92 Å². The molecular weight excluding hydrogens is 244 g/mol. The Labute approximate surface area is 111 Å². The van der Waals surface area contributed by atoms with Crippen LogP contribution in [0.2, 0.25) is 0 Å². The monoisotopic (exact) mass is 260 g/mol. The third-order valence-electron chi connectivity index (χ3n) is 3.37. The zero-order valence-corrected chi connectivity index (χ0v) is 11.0. The van der Waals surface area contributed by atoms with E-state index in [1.165, 1.54) is 4.90 Å². The molecule has 1 aromatic carbocycles. The summed E-state index contributed by atoms with van der Waals surface area (Å²) in [4.78, 5) is 37.0. The quantitative estimate of drug-likeness (QED) is 0.821. The summed E-state index contributed by atoms with van der Waals surface area (Å²) in [7, 11) is 1.54. The van der Waals surface area contributed by atoms with Crippen LogP contribution < -0.4 is 5.32 Å². The maximum Gasteiger partial charge on any atom is 0.251 e. The lowest BCUT2D eigenvalue weighted by Crippen LogP contribution is -2.30. The Morgan fingerprint density at radius 3 is 2.63 bits per heavy atom. The van der Waals surface area contributed by atoms with Gasteiger partial charge in [0.2, 0.25) is 11.8 Å². The Morgan fingerprint density at radius 1 is 1.37 bits per heavy atom. The van der Waals surface area contributed by atoms with E-state index < -0.39 is 5.92 Å². The van der Waals surface area contributed by atoms with Gasteiger partial charge in [0.25, 0.3) is 5.91 Å². The first-order valence-electron chi connectivity index (χ1n) is 6.25. The minimum atomic E-state index is -0.541. The van der Waals surface area contributed by atoms with Gasteiger partial charge in [0.1, 0.15) is 0 Å². The maximum atomic E-state index is 12.2. The zero-order chi connectivity index (χ0) is 14.0. The second-order valence-corrected chi connectivity index (χ2v) is 4.40. The van der Waals surface area contributed by atoms with Gasteiger partial charge in [0, 0.05) is 25.6 Å². The molecule has 1 aliphatic heterocycles. The molecule has 1 aromatic rings. The number of hydrogen-bond donors (Lipinski definition) is 1. The number of carbonyl (C=O) groups is 3. The largest absolute Gasteiger partial charge is 0.355 e. The molecule has 0 bridgehead atoms. The molecule has 1 unspecified atom stereocenters. The number of likely N-dealkylation sites (tertiary alicyclic amines) is 1. The molecule has 5 heteroatoms. The highest BCUT2D eigenvalue weighted by molar-refractivity contribution is 6.08. The van der Waals surface area contributed by atoms with Gasteiger partial charge in [-0.2, -0.15) is 0 Å². The van der Waals surface area contributed by atoms with Crippen molar-refractivity contribution in [1.82, 2.24) is 10.2 Å². The molecule has 1 aliphatic rings. The van der Waals surface area contributed by atoms with Crippen LogP contribution in [-0.4, -0.2) is 36.2 Å². The number of rotatable bonds is 3. The minimum Gasteiger partial charge on any atom is -0.355 e. The number of likely N-dealkylation sites (N-methyl/N-ethyl adjacent to an activating group) is 1. The number of nitrogens with one attached hydrogen (secondary N) is 1. The van der Waals surface area contributed by atoms with Crippen molar-refractivity contribution >= 4 is 17.7 Å². The van der Waals surface area contributed by atoms with Crippen molar-refractivity contribution in [1.29, 1.82) is 0 Å². The van der Waals surface area contributed by atoms with Crippen LogP contribution in [0.1, 0.15) is 35.2 Å². The first kappa shape index (κ1) is 13.3. The standard InChI is InChI=1S/C14H16N2O3/c1-3-16-12(17)8-11(14(16)19)9-6-4-5-7-10(9)13(18)15-2/h4-7,11H,3,8H2,1-2H3,(H,15,18). The van der Waals surface area contributed by atoms with Crippen LogP contribution in [0, 0.1) is 0 Å². The smallest absolute Gasteiger partial charge is 0.251 e. The normalized spacial score (nSPS) is 18.8. The van der Waals surface area contributed by atoms with Gasteiger partial charge in [-0.1, -0.05) is 18.2 Å². The van der Waals surface area contributed by atoms with Crippen molar-refractivity contribution in [2.45, 2.75) is 19.3 Å². The number of amides is 3. The number of imide groups is 1. The fourth-order valence-electron chi connectivity index (χ4n) is 2.40. The van der Waals surface area contributed by atoms with E-state index in [0.717, 1.165) is 0 Å². The topological polar surface area (TPSA) is 66.5 Å². The van der Waals surface area contributed by atoms with Gasteiger partial charge in [0.15, 0.2) is 0 Å². The highest BCUT2D eigenvalue weighted by Crippen LogP contribution is 2.31. The van der Waals surface area contributed by atoms with Crippen molar-refractivity contribution in [3.8, 4) is 0 Å². The highest BCUT2D eigenvalue weighted by Gasteiger charge is 2.39. The molecule has 3 amide bonds. The van der Waals surface area contributed by atoms with Crippen LogP contribution in [0.3, 0.4) is 0 Å². The van der Waals surface area contributed by atoms with E-state index in [1.54, 1.807) is 38.2 Å². The van der Waals surface area contributed by atoms with Gasteiger partial charge >= 0.3 is 0 Å². The Bertz CT molecular complexity index is 539. The van der Waals surface area contributed by atoms with Crippen LogP contribution in [0.5, 0.6) is 0 Å². The first-order valence-corrected chi connectivity index (χ1v) is 6.25. The molecule has 1 saturated heterocycles. The summed E-state index contributed by atoms with van der Waals surface area (Å²) in [5, 5.41) is 2.55. The molecule has 1 heterocycles. The predicted molar refractivity (Wildman–Crippen MR) is 69.6 cm³/mol. The second-order valence-electron chi connectivity index (χ2n) is 4.40. The summed E-state index contributed by atoms with van der Waals surface area (Å²) < 4.78 is 0. The number of benzene rings is 1. The summed E-state index contributed by atoms with van der Waals surface area (Å²) >= 11 is 0. The Kier molecular flexibility index (Phi) is 3.64. The van der Waals surface area contributed by atoms with Gasteiger partial charge in [-0.25, -0.2) is 0 Å². The SMILES string of the molecule is CCN1C(=O)CC(c2ccccc2C(=O)NC)C1=O. The summed E-state index contributed by atoms with van der Waals surface area (Å²) in [5.41, 5.74) is 1.07. The van der Waals surface area contributed by atoms with Gasteiger partial charge in [-0.15, -0.1) is 0 Å². The zero-order valence-electron chi connectivity index (χ0n) is 11.0. The number of hydrogen-bond acceptors (Lipinski definition) is 3. The van der Waals surface area contributed by atoms with E-state index in [2.05, 4.69) is 5.32 Å². The molecule has 0 radical (unpaired) electrons. The Morgan fingerprint density at radius 2 is 2.05 bits per heavy atom. The summed E-state index contributed by atoms with van der Waals surface area (Å²) in [6.45, 7) is 2.14. The van der Waals surface area contributed by atoms with Crippen molar-refractivity contribution in [3.63, 3.8) is 0 Å². The first-order chi connectivity index (χ1) is 9.10. The molecule has 1 fully saturated rings. The summed E-state index contributed by atoms with van der Waals surface area (Å²) in [6.07, 6.45) is 0.140. The molecule has 0 aliphatic carbocycles. The molecular formula is C14H16N2O3. The summed E-state index contributed by atoms with van der Waals surface area (Å²) in [6, 6.07) is 6.92. The third kappa shape index (κ3) is 2.23. The fourth-order valence-corrected chi connectivity index (χ4v) is 2.40. The van der Waals surface area contributed by atoms with Crippen LogP contribution in [-0.2, 0) is 9.59 Å². The molecule has 19 heavy (non-hydrogen) atoms. The van der Waals surface area contributed by atoms with Crippen molar-refractivity contribution in [2.75, 3.05) is 13.6 Å². The number of carbonyl (C=O) groups excluding carboxylic acids is 3. The highest BCUT2D eigenvalue weighted by atomic mass is 16.2. The lowest BCUT2D eigenvalue weighted by Gasteiger charge is -2.14. The lowest BCUT2D eigenvalue weighted by atomic mass is 9.92. The average Bonchev–Trinajstić information content (AvgIpc) is 2.72. The summed E-state index contributed by atoms with van der Waals surface area (Å²) in [5.74, 6) is -1.18. The van der Waals surface area contributed by atoms with E-state index in [1.807, 2.05) is 0 Å². The van der Waals surface area contributed by atoms with Gasteiger partial charge < -0.3 is 5.32 Å². The molecule has 1 atom stereocenters. The van der Waals surface area contributed by atoms with E-state index >= 15 is 0 Å². The molecule has 1 N–H and O–H groups in total. The van der Waals surface area contributed by atoms with Crippen LogP contribution in [0.25, 0.3) is 0 Å². The molecule has 100 valence electrons. The Balaban J connectivity index is 2.41. The van der Waals surface area contributed by atoms with Crippen LogP contribution >= 0.6 is 0 Å². The third-order valence-corrected chi connectivity index (χ3v) is 3.37. The second kappa shape index (κ2) is 5.22. The predicted octanol–water partition coefficient (Wildman–Crippen LogP) is 0.909. The molecule has 0 aromatic heterocycles. The van der Waals surface area contributed by atoms with Crippen LogP contribution in [0.15, 0.2) is 24.3 Å². The van der Waals surface area contributed by atoms with Crippen molar-refractivity contribution < 1.29 is 14.4 Å². The van der Waals surface area contributed by atoms with Crippen LogP contribution in [0.4, 0.5) is 0 Å². The van der Waals surface area contributed by atoms with Crippen molar-refractivity contribution in [3.05, 3.63) is 35.4 Å². The lowest BCUT2D eigenvalue weighted by molar-refractivity contribution is -0.138. The Hall–Kier alpha value is -2.17. The van der Waals surface area contributed by atoms with Gasteiger partial charge in [-0.05, 0) is 18.6 Å². The maximum absolute atomic E-state index is 12.2. The molecule has 5 nitrogen and oxygen atoms in total. The molecule has 0 saturated carbocycles. The van der Waals surface area contributed by atoms with E-state index in [-0.39, 0.29) is 24.1 Å². The average molecular weight is 260 g/mol. The van der Waals surface area contributed by atoms with Gasteiger partial charge in [-0.3, -0.25) is 19.3 Å². The van der Waals surface area contributed by atoms with E-state index in [0.29, 0.717) is 17.7 Å². The minimum absolute atomic E-state index is 0.140. The van der Waals surface area contributed by atoms with E-state index in [9.17, 15) is 14.4 Å². The fraction of sp³-hybridized carbons (Fsp3) is 0.357. The van der Waals surface area contributed by atoms with E-state index in [4.69, 9.17) is 0 Å². The molecule has 2 rings (SSSR count). The molecule has 0 spiro atoms. The number of nitrogens with zero attached hydrogens (tertiary/aromatic N) is 1. The van der Waals surface area contributed by atoms with Crippen molar-refractivity contribution in [2.24, 2.45) is 0 Å².